The van der Waals surface area contributed by atoms with Crippen molar-refractivity contribution in [1.29, 1.82) is 0 Å². The molecule has 0 atom stereocenters. The Morgan fingerprint density at radius 1 is 1.08 bits per heavy atom. The fraction of sp³-hybridized carbons (Fsp3) is 0.263. The lowest BCUT2D eigenvalue weighted by Gasteiger charge is -2.19. The summed E-state index contributed by atoms with van der Waals surface area (Å²) in [7, 11) is 0. The Hall–Kier alpha value is -2.40. The van der Waals surface area contributed by atoms with E-state index in [0.29, 0.717) is 11.3 Å². The van der Waals surface area contributed by atoms with Gasteiger partial charge in [0.05, 0.1) is 5.57 Å². The number of hydrogen-bond donors (Lipinski definition) is 1. The van der Waals surface area contributed by atoms with Crippen LogP contribution in [0.5, 0.6) is 0 Å². The molecule has 0 bridgehead atoms. The zero-order valence-corrected chi connectivity index (χ0v) is 15.0. The lowest BCUT2D eigenvalue weighted by Crippen LogP contribution is -2.38. The van der Waals surface area contributed by atoms with Gasteiger partial charge in [-0.2, -0.15) is 0 Å². The first-order chi connectivity index (χ1) is 11.4. The van der Waals surface area contributed by atoms with E-state index in [1.165, 1.54) is 16.2 Å². The fourth-order valence-electron chi connectivity index (χ4n) is 2.79. The van der Waals surface area contributed by atoms with Crippen molar-refractivity contribution in [2.24, 2.45) is 0 Å². The van der Waals surface area contributed by atoms with E-state index in [2.05, 4.69) is 5.32 Å². The zero-order chi connectivity index (χ0) is 17.4. The topological polar surface area (TPSA) is 49.4 Å². The highest BCUT2D eigenvalue weighted by molar-refractivity contribution is 7.11. The first-order valence-electron chi connectivity index (χ1n) is 7.90. The number of hydrogen-bond acceptors (Lipinski definition) is 4. The Labute approximate surface area is 145 Å². The molecule has 24 heavy (non-hydrogen) atoms. The zero-order valence-electron chi connectivity index (χ0n) is 14.2. The smallest absolute Gasteiger partial charge is 0.278 e. The Balaban J connectivity index is 2.11. The second-order valence-electron chi connectivity index (χ2n) is 6.24. The Morgan fingerprint density at radius 3 is 2.46 bits per heavy atom. The average Bonchev–Trinajstić information content (AvgIpc) is 3.10. The summed E-state index contributed by atoms with van der Waals surface area (Å²) >= 11 is 1.46. The summed E-state index contributed by atoms with van der Waals surface area (Å²) in [6, 6.07) is 9.60. The number of thiophene rings is 1. The maximum Gasteiger partial charge on any atom is 0.278 e. The third-order valence-corrected chi connectivity index (χ3v) is 4.94. The third kappa shape index (κ3) is 2.76. The molecule has 1 aliphatic heterocycles. The molecule has 0 unspecified atom stereocenters. The van der Waals surface area contributed by atoms with Crippen molar-refractivity contribution in [2.45, 2.75) is 33.7 Å². The highest BCUT2D eigenvalue weighted by Crippen LogP contribution is 2.34. The predicted octanol–water partition coefficient (Wildman–Crippen LogP) is 3.97. The van der Waals surface area contributed by atoms with Crippen LogP contribution in [0, 0.1) is 13.8 Å². The predicted molar refractivity (Wildman–Crippen MR) is 97.8 cm³/mol. The van der Waals surface area contributed by atoms with Gasteiger partial charge in [-0.3, -0.25) is 14.5 Å². The highest BCUT2D eigenvalue weighted by atomic mass is 32.1. The second kappa shape index (κ2) is 6.24. The van der Waals surface area contributed by atoms with E-state index in [4.69, 9.17) is 0 Å². The van der Waals surface area contributed by atoms with Gasteiger partial charge in [0.2, 0.25) is 0 Å². The Bertz CT molecular complexity index is 835. The van der Waals surface area contributed by atoms with E-state index >= 15 is 0 Å². The number of anilines is 1. The van der Waals surface area contributed by atoms with Crippen LogP contribution >= 0.6 is 11.3 Å². The number of nitrogens with one attached hydrogen (secondary N) is 1. The van der Waals surface area contributed by atoms with E-state index in [1.807, 2.05) is 63.4 Å². The largest absolute Gasteiger partial charge is 0.350 e. The Morgan fingerprint density at radius 2 is 1.83 bits per heavy atom. The van der Waals surface area contributed by atoms with Gasteiger partial charge in [-0.1, -0.05) is 18.2 Å². The number of aryl methyl sites for hydroxylation is 2. The minimum absolute atomic E-state index is 0.183. The van der Waals surface area contributed by atoms with Crippen LogP contribution in [0.25, 0.3) is 5.57 Å². The molecule has 0 fully saturated rings. The molecule has 1 aromatic heterocycles. The molecule has 0 radical (unpaired) electrons. The molecule has 0 saturated heterocycles. The van der Waals surface area contributed by atoms with Crippen LogP contribution in [0.3, 0.4) is 0 Å². The number of imide groups is 1. The van der Waals surface area contributed by atoms with Gasteiger partial charge in [0.25, 0.3) is 11.8 Å². The first kappa shape index (κ1) is 16.5. The van der Waals surface area contributed by atoms with Crippen molar-refractivity contribution in [1.82, 2.24) is 4.90 Å². The summed E-state index contributed by atoms with van der Waals surface area (Å²) < 4.78 is 0. The molecular weight excluding hydrogens is 320 g/mol. The van der Waals surface area contributed by atoms with Crippen LogP contribution in [-0.4, -0.2) is 22.8 Å². The van der Waals surface area contributed by atoms with E-state index in [1.54, 1.807) is 0 Å². The first-order valence-corrected chi connectivity index (χ1v) is 8.78. The molecule has 0 saturated carbocycles. The van der Waals surface area contributed by atoms with Gasteiger partial charge >= 0.3 is 0 Å². The molecular formula is C19H20N2O2S. The fourth-order valence-corrected chi connectivity index (χ4v) is 3.55. The van der Waals surface area contributed by atoms with Crippen LogP contribution in [0.15, 0.2) is 41.4 Å². The number of carbonyl (C=O) groups excluding carboxylic acids is 2. The number of carbonyl (C=O) groups is 2. The summed E-state index contributed by atoms with van der Waals surface area (Å²) in [6.45, 7) is 7.68. The van der Waals surface area contributed by atoms with Crippen LogP contribution in [0.2, 0.25) is 0 Å². The molecule has 2 aromatic rings. The molecule has 0 aliphatic carbocycles. The minimum atomic E-state index is -0.265. The molecule has 124 valence electrons. The van der Waals surface area contributed by atoms with Gasteiger partial charge in [0, 0.05) is 16.6 Å². The molecule has 2 heterocycles. The quantitative estimate of drug-likeness (QED) is 0.857. The van der Waals surface area contributed by atoms with Crippen molar-refractivity contribution < 1.29 is 9.59 Å². The molecule has 1 aliphatic rings. The van der Waals surface area contributed by atoms with Crippen molar-refractivity contribution in [3.8, 4) is 0 Å². The maximum absolute atomic E-state index is 12.9. The molecule has 2 amide bonds. The van der Waals surface area contributed by atoms with Crippen molar-refractivity contribution in [2.75, 3.05) is 5.32 Å². The number of nitrogens with zero attached hydrogens (tertiary/aromatic N) is 1. The number of benzene rings is 1. The van der Waals surface area contributed by atoms with Gasteiger partial charge in [-0.25, -0.2) is 0 Å². The lowest BCUT2D eigenvalue weighted by molar-refractivity contribution is -0.138. The van der Waals surface area contributed by atoms with Gasteiger partial charge < -0.3 is 5.32 Å². The van der Waals surface area contributed by atoms with E-state index in [9.17, 15) is 9.59 Å². The third-order valence-electron chi connectivity index (χ3n) is 4.05. The number of amides is 2. The molecule has 5 heteroatoms. The minimum Gasteiger partial charge on any atom is -0.350 e. The summed E-state index contributed by atoms with van der Waals surface area (Å²) in [5, 5.41) is 5.14. The van der Waals surface area contributed by atoms with Gasteiger partial charge in [-0.05, 0) is 56.3 Å². The van der Waals surface area contributed by atoms with Crippen molar-refractivity contribution in [3.63, 3.8) is 0 Å². The lowest BCUT2D eigenvalue weighted by atomic mass is 10.1. The monoisotopic (exact) mass is 340 g/mol. The SMILES string of the molecule is Cc1ccc(C)c(NC2=C(c3cccs3)C(=O)N(C(C)C)C2=O)c1. The molecule has 4 nitrogen and oxygen atoms in total. The van der Waals surface area contributed by atoms with E-state index < -0.39 is 0 Å². The van der Waals surface area contributed by atoms with Crippen LogP contribution in [-0.2, 0) is 9.59 Å². The second-order valence-corrected chi connectivity index (χ2v) is 7.19. The van der Waals surface area contributed by atoms with Crippen molar-refractivity contribution >= 4 is 34.4 Å². The molecule has 1 aromatic carbocycles. The highest BCUT2D eigenvalue weighted by Gasteiger charge is 2.41. The number of rotatable bonds is 4. The normalized spacial score (nSPS) is 15.0. The summed E-state index contributed by atoms with van der Waals surface area (Å²) in [6.07, 6.45) is 0. The van der Waals surface area contributed by atoms with E-state index in [0.717, 1.165) is 21.7 Å². The van der Waals surface area contributed by atoms with Crippen LogP contribution in [0.1, 0.15) is 29.9 Å². The molecule has 0 spiro atoms. The van der Waals surface area contributed by atoms with Crippen LogP contribution < -0.4 is 5.32 Å². The molecule has 1 N–H and O–H groups in total. The summed E-state index contributed by atoms with van der Waals surface area (Å²) in [5.41, 5.74) is 3.81. The van der Waals surface area contributed by atoms with Crippen LogP contribution in [0.4, 0.5) is 5.69 Å². The molecule has 3 rings (SSSR count). The van der Waals surface area contributed by atoms with Gasteiger partial charge in [-0.15, -0.1) is 11.3 Å². The summed E-state index contributed by atoms with van der Waals surface area (Å²) in [5.74, 6) is -0.496. The summed E-state index contributed by atoms with van der Waals surface area (Å²) in [4.78, 5) is 27.8. The maximum atomic E-state index is 12.9. The van der Waals surface area contributed by atoms with Gasteiger partial charge in [0.1, 0.15) is 5.70 Å². The average molecular weight is 340 g/mol. The van der Waals surface area contributed by atoms with E-state index in [-0.39, 0.29) is 17.9 Å². The van der Waals surface area contributed by atoms with Crippen molar-refractivity contribution in [3.05, 3.63) is 57.4 Å². The van der Waals surface area contributed by atoms with Gasteiger partial charge in [0.15, 0.2) is 0 Å². The Kier molecular flexibility index (Phi) is 4.28. The standard InChI is InChI=1S/C19H20N2O2S/c1-11(2)21-18(22)16(15-6-5-9-24-15)17(19(21)23)20-14-10-12(3)7-8-13(14)4/h5-11,20H,1-4H3.